The van der Waals surface area contributed by atoms with Gasteiger partial charge in [-0.25, -0.2) is 0 Å². The lowest BCUT2D eigenvalue weighted by Crippen LogP contribution is -2.50. The predicted octanol–water partition coefficient (Wildman–Crippen LogP) is 3.25. The number of Topliss-reactive ketones (excluding diaryl/α,β-unsaturated/α-hetero) is 1. The molecule has 7 heteroatoms. The number of nitrogens with zero attached hydrogens (tertiary/aromatic N) is 1. The SMILES string of the molecule is CNCCNC(=O)C(CC(=O)C(C)(C)C)N(C)C(=O)CCCCCSC(C)(C)C. The molecule has 2 amide bonds. The van der Waals surface area contributed by atoms with Crippen molar-refractivity contribution in [1.82, 2.24) is 15.5 Å². The summed E-state index contributed by atoms with van der Waals surface area (Å²) >= 11 is 1.94. The number of hydrogen-bond donors (Lipinski definition) is 2. The van der Waals surface area contributed by atoms with E-state index in [-0.39, 0.29) is 28.8 Å². The lowest BCUT2D eigenvalue weighted by molar-refractivity contribution is -0.141. The zero-order valence-electron chi connectivity index (χ0n) is 19.8. The van der Waals surface area contributed by atoms with E-state index >= 15 is 0 Å². The molecule has 0 aliphatic heterocycles. The molecule has 29 heavy (non-hydrogen) atoms. The van der Waals surface area contributed by atoms with Crippen LogP contribution >= 0.6 is 11.8 Å². The molecule has 0 aromatic rings. The Kier molecular flexibility index (Phi) is 12.8. The van der Waals surface area contributed by atoms with Crippen LogP contribution in [0.15, 0.2) is 0 Å². The highest BCUT2D eigenvalue weighted by atomic mass is 32.2. The number of nitrogens with one attached hydrogen (secondary N) is 2. The first-order valence-corrected chi connectivity index (χ1v) is 11.6. The molecule has 1 unspecified atom stereocenters. The third-order valence-electron chi connectivity index (χ3n) is 4.62. The van der Waals surface area contributed by atoms with Gasteiger partial charge in [-0.15, -0.1) is 0 Å². The third-order valence-corrected chi connectivity index (χ3v) is 5.98. The van der Waals surface area contributed by atoms with E-state index in [0.717, 1.165) is 25.0 Å². The van der Waals surface area contributed by atoms with Crippen molar-refractivity contribution in [3.8, 4) is 0 Å². The molecule has 0 bridgehead atoms. The maximum Gasteiger partial charge on any atom is 0.243 e. The van der Waals surface area contributed by atoms with Crippen LogP contribution in [0.2, 0.25) is 0 Å². The number of thioether (sulfide) groups is 1. The van der Waals surface area contributed by atoms with Gasteiger partial charge in [-0.2, -0.15) is 11.8 Å². The first-order valence-electron chi connectivity index (χ1n) is 10.6. The van der Waals surface area contributed by atoms with Crippen molar-refractivity contribution in [1.29, 1.82) is 0 Å². The van der Waals surface area contributed by atoms with E-state index in [9.17, 15) is 14.4 Å². The molecule has 0 aliphatic rings. The zero-order chi connectivity index (χ0) is 22.7. The fraction of sp³-hybridized carbons (Fsp3) is 0.864. The van der Waals surface area contributed by atoms with E-state index in [1.165, 1.54) is 4.90 Å². The molecule has 170 valence electrons. The van der Waals surface area contributed by atoms with E-state index in [1.54, 1.807) is 7.05 Å². The maximum atomic E-state index is 12.7. The van der Waals surface area contributed by atoms with Crippen molar-refractivity contribution in [3.05, 3.63) is 0 Å². The predicted molar refractivity (Wildman–Crippen MR) is 123 cm³/mol. The minimum atomic E-state index is -0.762. The summed E-state index contributed by atoms with van der Waals surface area (Å²) in [5.41, 5.74) is -0.544. The molecular weight excluding hydrogens is 386 g/mol. The molecule has 2 N–H and O–H groups in total. The second-order valence-electron chi connectivity index (χ2n) is 9.56. The van der Waals surface area contributed by atoms with Crippen LogP contribution in [0.1, 0.15) is 73.6 Å². The van der Waals surface area contributed by atoms with Gasteiger partial charge >= 0.3 is 0 Å². The Balaban J connectivity index is 4.74. The number of likely N-dealkylation sites (N-methyl/N-ethyl adjacent to an activating group) is 2. The summed E-state index contributed by atoms with van der Waals surface area (Å²) in [5.74, 6) is 0.716. The fourth-order valence-corrected chi connectivity index (χ4v) is 3.56. The van der Waals surface area contributed by atoms with E-state index in [1.807, 2.05) is 39.6 Å². The average Bonchev–Trinajstić information content (AvgIpc) is 2.59. The largest absolute Gasteiger partial charge is 0.353 e. The van der Waals surface area contributed by atoms with Crippen LogP contribution in [0.5, 0.6) is 0 Å². The lowest BCUT2D eigenvalue weighted by atomic mass is 9.86. The number of carbonyl (C=O) groups excluding carboxylic acids is 3. The van der Waals surface area contributed by atoms with Gasteiger partial charge in [0.15, 0.2) is 0 Å². The average molecular weight is 430 g/mol. The first kappa shape index (κ1) is 27.9. The van der Waals surface area contributed by atoms with Crippen LogP contribution in [0.25, 0.3) is 0 Å². The van der Waals surface area contributed by atoms with Crippen LogP contribution in [-0.4, -0.2) is 66.2 Å². The number of carbonyl (C=O) groups is 3. The normalized spacial score (nSPS) is 13.1. The van der Waals surface area contributed by atoms with Crippen molar-refractivity contribution >= 4 is 29.4 Å². The Morgan fingerprint density at radius 3 is 2.10 bits per heavy atom. The van der Waals surface area contributed by atoms with Crippen LogP contribution in [-0.2, 0) is 14.4 Å². The Hall–Kier alpha value is -1.08. The van der Waals surface area contributed by atoms with Crippen LogP contribution in [0.3, 0.4) is 0 Å². The molecule has 0 aromatic carbocycles. The van der Waals surface area contributed by atoms with Gasteiger partial charge in [0.2, 0.25) is 11.8 Å². The second-order valence-corrected chi connectivity index (χ2v) is 11.5. The number of amides is 2. The number of unbranched alkanes of at least 4 members (excludes halogenated alkanes) is 2. The standard InChI is InChI=1S/C22H43N3O3S/c1-21(2,3)18(26)16-17(20(28)24-14-13-23-7)25(8)19(27)12-10-9-11-15-29-22(4,5)6/h17,23H,9-16H2,1-8H3,(H,24,28). The molecule has 6 nitrogen and oxygen atoms in total. The highest BCUT2D eigenvalue weighted by molar-refractivity contribution is 8.00. The topological polar surface area (TPSA) is 78.5 Å². The highest BCUT2D eigenvalue weighted by Gasteiger charge is 2.32. The molecule has 0 saturated carbocycles. The summed E-state index contributed by atoms with van der Waals surface area (Å²) in [5, 5.41) is 5.79. The van der Waals surface area contributed by atoms with Gasteiger partial charge in [-0.3, -0.25) is 14.4 Å². The van der Waals surface area contributed by atoms with E-state index in [0.29, 0.717) is 19.5 Å². The van der Waals surface area contributed by atoms with Gasteiger partial charge in [-0.05, 0) is 25.6 Å². The summed E-state index contributed by atoms with van der Waals surface area (Å²) in [4.78, 5) is 39.3. The number of rotatable bonds is 13. The highest BCUT2D eigenvalue weighted by Crippen LogP contribution is 2.24. The molecule has 0 fully saturated rings. The molecule has 0 aromatic heterocycles. The Labute approximate surface area is 182 Å². The second kappa shape index (κ2) is 13.3. The smallest absolute Gasteiger partial charge is 0.243 e. The Bertz CT molecular complexity index is 524. The van der Waals surface area contributed by atoms with E-state index in [2.05, 4.69) is 31.4 Å². The van der Waals surface area contributed by atoms with Crippen molar-refractivity contribution < 1.29 is 14.4 Å². The molecule has 0 radical (unpaired) electrons. The molecular formula is C22H43N3O3S. The Morgan fingerprint density at radius 2 is 1.59 bits per heavy atom. The van der Waals surface area contributed by atoms with Crippen LogP contribution in [0, 0.1) is 5.41 Å². The van der Waals surface area contributed by atoms with Crippen molar-refractivity contribution in [2.75, 3.05) is 32.9 Å². The van der Waals surface area contributed by atoms with Crippen molar-refractivity contribution in [2.45, 2.75) is 84.4 Å². The molecule has 0 rings (SSSR count). The molecule has 0 spiro atoms. The molecule has 0 heterocycles. The van der Waals surface area contributed by atoms with E-state index < -0.39 is 11.5 Å². The van der Waals surface area contributed by atoms with Gasteiger partial charge in [0.25, 0.3) is 0 Å². The fourth-order valence-electron chi connectivity index (χ4n) is 2.60. The summed E-state index contributed by atoms with van der Waals surface area (Å²) in [6.45, 7) is 13.2. The third kappa shape index (κ3) is 13.0. The van der Waals surface area contributed by atoms with Crippen molar-refractivity contribution in [2.24, 2.45) is 5.41 Å². The van der Waals surface area contributed by atoms with Crippen LogP contribution in [0.4, 0.5) is 0 Å². The van der Waals surface area contributed by atoms with Gasteiger partial charge in [0.05, 0.1) is 0 Å². The number of hydrogen-bond acceptors (Lipinski definition) is 5. The zero-order valence-corrected chi connectivity index (χ0v) is 20.6. The summed E-state index contributed by atoms with van der Waals surface area (Å²) < 4.78 is 0.267. The van der Waals surface area contributed by atoms with Crippen molar-refractivity contribution in [3.63, 3.8) is 0 Å². The minimum absolute atomic E-state index is 0.0230. The number of ketones is 1. The molecule has 1 atom stereocenters. The molecule has 0 aliphatic carbocycles. The van der Waals surface area contributed by atoms with Gasteiger partial charge < -0.3 is 15.5 Å². The van der Waals surface area contributed by atoms with E-state index in [4.69, 9.17) is 0 Å². The lowest BCUT2D eigenvalue weighted by Gasteiger charge is -2.29. The maximum absolute atomic E-state index is 12.7. The van der Waals surface area contributed by atoms with Crippen LogP contribution < -0.4 is 10.6 Å². The monoisotopic (exact) mass is 429 g/mol. The van der Waals surface area contributed by atoms with Gasteiger partial charge in [0, 0.05) is 43.1 Å². The first-order chi connectivity index (χ1) is 13.3. The van der Waals surface area contributed by atoms with Gasteiger partial charge in [-0.1, -0.05) is 48.0 Å². The van der Waals surface area contributed by atoms with Gasteiger partial charge in [0.1, 0.15) is 11.8 Å². The summed E-state index contributed by atoms with van der Waals surface area (Å²) in [7, 11) is 3.44. The minimum Gasteiger partial charge on any atom is -0.353 e. The summed E-state index contributed by atoms with van der Waals surface area (Å²) in [6, 6.07) is -0.762. The molecule has 0 saturated heterocycles. The Morgan fingerprint density at radius 1 is 0.966 bits per heavy atom. The quantitative estimate of drug-likeness (QED) is 0.440. The summed E-state index contributed by atoms with van der Waals surface area (Å²) in [6.07, 6.45) is 3.31.